The van der Waals surface area contributed by atoms with E-state index < -0.39 is 33.3 Å². The first kappa shape index (κ1) is 27.0. The second kappa shape index (κ2) is 11.1. The summed E-state index contributed by atoms with van der Waals surface area (Å²) in [7, 11) is -4.35. The molecule has 0 saturated carbocycles. The lowest BCUT2D eigenvalue weighted by molar-refractivity contribution is -0.152. The normalized spacial score (nSPS) is 23.0. The van der Waals surface area contributed by atoms with Gasteiger partial charge in [-0.2, -0.15) is 4.31 Å². The standard InChI is InChI=1S/C25H29FN2O8S/c1-2-34-23(29)13-14-28(25(24(30)27-31)15-20-7-8-21(16-25)36-20)37(32,33)22-11-9-19(10-12-22)35-18-5-3-17(26)4-6-18/h3-6,9-12,20-21,31H,2,7-8,13-16H2,1H3,(H,27,30). The number of sulfonamides is 1. The summed E-state index contributed by atoms with van der Waals surface area (Å²) in [4.78, 5) is 25.1. The van der Waals surface area contributed by atoms with Crippen LogP contribution in [0.4, 0.5) is 4.39 Å². The number of rotatable bonds is 10. The average Bonchev–Trinajstić information content (AvgIpc) is 3.23. The predicted octanol–water partition coefficient (Wildman–Crippen LogP) is 3.15. The number of carbonyl (C=O) groups is 2. The Morgan fingerprint density at radius 1 is 1.08 bits per heavy atom. The first-order valence-corrected chi connectivity index (χ1v) is 13.4. The van der Waals surface area contributed by atoms with Crippen LogP contribution in [-0.2, 0) is 29.1 Å². The fourth-order valence-corrected chi connectivity index (χ4v) is 6.72. The SMILES string of the molecule is CCOC(=O)CCN(C1(C(=O)NO)CC2CCC(C1)O2)S(=O)(=O)c1ccc(Oc2ccc(F)cc2)cc1. The van der Waals surface area contributed by atoms with E-state index >= 15 is 0 Å². The molecule has 2 N–H and O–H groups in total. The summed E-state index contributed by atoms with van der Waals surface area (Å²) in [5.41, 5.74) is -0.0211. The molecule has 2 aromatic rings. The number of nitrogens with zero attached hydrogens (tertiary/aromatic N) is 1. The molecule has 2 aliphatic rings. The minimum atomic E-state index is -4.35. The van der Waals surface area contributed by atoms with Crippen molar-refractivity contribution in [3.8, 4) is 11.5 Å². The summed E-state index contributed by atoms with van der Waals surface area (Å²) in [5.74, 6) is -1.23. The highest BCUT2D eigenvalue weighted by molar-refractivity contribution is 7.89. The van der Waals surface area contributed by atoms with Gasteiger partial charge in [-0.15, -0.1) is 0 Å². The van der Waals surface area contributed by atoms with Crippen molar-refractivity contribution in [3.63, 3.8) is 0 Å². The lowest BCUT2D eigenvalue weighted by Gasteiger charge is -2.45. The summed E-state index contributed by atoms with van der Waals surface area (Å²) in [6, 6.07) is 10.9. The first-order chi connectivity index (χ1) is 17.7. The van der Waals surface area contributed by atoms with Crippen molar-refractivity contribution in [2.75, 3.05) is 13.2 Å². The molecule has 37 heavy (non-hydrogen) atoms. The van der Waals surface area contributed by atoms with Gasteiger partial charge in [-0.05, 0) is 68.3 Å². The Kier molecular flexibility index (Phi) is 8.12. The van der Waals surface area contributed by atoms with E-state index in [1.807, 2.05) is 0 Å². The molecule has 2 heterocycles. The molecule has 12 heteroatoms. The lowest BCUT2D eigenvalue weighted by atomic mass is 9.85. The summed E-state index contributed by atoms with van der Waals surface area (Å²) in [6.45, 7) is 1.43. The van der Waals surface area contributed by atoms with E-state index in [9.17, 15) is 27.6 Å². The Hall–Kier alpha value is -3.06. The van der Waals surface area contributed by atoms with Gasteiger partial charge < -0.3 is 14.2 Å². The quantitative estimate of drug-likeness (QED) is 0.269. The molecular weight excluding hydrogens is 507 g/mol. The number of halogens is 1. The Bertz CT molecular complexity index is 1210. The van der Waals surface area contributed by atoms with Gasteiger partial charge >= 0.3 is 5.97 Å². The number of hydrogen-bond donors (Lipinski definition) is 2. The van der Waals surface area contributed by atoms with Gasteiger partial charge in [0, 0.05) is 19.4 Å². The van der Waals surface area contributed by atoms with Crippen LogP contribution in [0.1, 0.15) is 39.0 Å². The van der Waals surface area contributed by atoms with Crippen LogP contribution in [0.25, 0.3) is 0 Å². The Labute approximate surface area is 214 Å². The van der Waals surface area contributed by atoms with Crippen molar-refractivity contribution in [3.05, 3.63) is 54.3 Å². The zero-order chi connectivity index (χ0) is 26.6. The van der Waals surface area contributed by atoms with E-state index in [4.69, 9.17) is 14.2 Å². The van der Waals surface area contributed by atoms with Gasteiger partial charge in [0.1, 0.15) is 22.9 Å². The summed E-state index contributed by atoms with van der Waals surface area (Å²) in [6.07, 6.45) is 0.382. The summed E-state index contributed by atoms with van der Waals surface area (Å²) < 4.78 is 58.5. The second-order valence-electron chi connectivity index (χ2n) is 9.00. The number of hydrogen-bond acceptors (Lipinski definition) is 8. The van der Waals surface area contributed by atoms with Crippen molar-refractivity contribution >= 4 is 21.9 Å². The van der Waals surface area contributed by atoms with E-state index in [1.165, 1.54) is 48.5 Å². The van der Waals surface area contributed by atoms with Gasteiger partial charge in [-0.1, -0.05) is 0 Å². The minimum absolute atomic E-state index is 0.0315. The maximum absolute atomic E-state index is 14.0. The fraction of sp³-hybridized carbons (Fsp3) is 0.440. The van der Waals surface area contributed by atoms with Gasteiger partial charge in [0.25, 0.3) is 5.91 Å². The molecule has 2 saturated heterocycles. The zero-order valence-electron chi connectivity index (χ0n) is 20.3. The lowest BCUT2D eigenvalue weighted by Crippen LogP contribution is -2.64. The molecule has 2 aliphatic heterocycles. The number of nitrogens with one attached hydrogen (secondary N) is 1. The molecule has 2 fully saturated rings. The van der Waals surface area contributed by atoms with Crippen LogP contribution in [0.5, 0.6) is 11.5 Å². The highest BCUT2D eigenvalue weighted by Gasteiger charge is 2.56. The van der Waals surface area contributed by atoms with E-state index in [1.54, 1.807) is 12.4 Å². The maximum Gasteiger partial charge on any atom is 0.307 e. The molecule has 0 aliphatic carbocycles. The molecule has 200 valence electrons. The van der Waals surface area contributed by atoms with Crippen molar-refractivity contribution < 1.29 is 41.8 Å². The number of ether oxygens (including phenoxy) is 3. The smallest absolute Gasteiger partial charge is 0.307 e. The Morgan fingerprint density at radius 2 is 1.65 bits per heavy atom. The number of benzene rings is 2. The predicted molar refractivity (Wildman–Crippen MR) is 128 cm³/mol. The van der Waals surface area contributed by atoms with E-state index in [0.717, 1.165) is 4.31 Å². The van der Waals surface area contributed by atoms with Crippen LogP contribution < -0.4 is 10.2 Å². The molecule has 10 nitrogen and oxygen atoms in total. The van der Waals surface area contributed by atoms with E-state index in [2.05, 4.69) is 0 Å². The van der Waals surface area contributed by atoms with Crippen LogP contribution in [0.15, 0.2) is 53.4 Å². The van der Waals surface area contributed by atoms with Crippen LogP contribution in [-0.4, -0.2) is 60.7 Å². The average molecular weight is 537 g/mol. The number of esters is 1. The van der Waals surface area contributed by atoms with E-state index in [0.29, 0.717) is 24.3 Å². The number of carbonyl (C=O) groups excluding carboxylic acids is 2. The van der Waals surface area contributed by atoms with Crippen molar-refractivity contribution in [2.45, 2.75) is 61.7 Å². The third kappa shape index (κ3) is 5.77. The van der Waals surface area contributed by atoms with Crippen molar-refractivity contribution in [2.24, 2.45) is 0 Å². The zero-order valence-corrected chi connectivity index (χ0v) is 21.1. The molecule has 2 bridgehead atoms. The number of hydroxylamine groups is 1. The molecule has 0 spiro atoms. The number of fused-ring (bicyclic) bond motifs is 2. The third-order valence-electron chi connectivity index (χ3n) is 6.61. The second-order valence-corrected chi connectivity index (χ2v) is 10.9. The molecule has 1 amide bonds. The topological polar surface area (TPSA) is 131 Å². The summed E-state index contributed by atoms with van der Waals surface area (Å²) in [5, 5.41) is 9.59. The molecule has 2 aromatic carbocycles. The Balaban J connectivity index is 1.67. The molecule has 0 aromatic heterocycles. The highest BCUT2D eigenvalue weighted by Crippen LogP contribution is 2.44. The third-order valence-corrected chi connectivity index (χ3v) is 8.59. The van der Waals surface area contributed by atoms with Crippen LogP contribution >= 0.6 is 0 Å². The van der Waals surface area contributed by atoms with Gasteiger partial charge in [-0.3, -0.25) is 14.8 Å². The van der Waals surface area contributed by atoms with Gasteiger partial charge in [0.2, 0.25) is 10.0 Å². The summed E-state index contributed by atoms with van der Waals surface area (Å²) >= 11 is 0. The van der Waals surface area contributed by atoms with Gasteiger partial charge in [0.15, 0.2) is 0 Å². The fourth-order valence-electron chi connectivity index (χ4n) is 4.96. The first-order valence-electron chi connectivity index (χ1n) is 12.0. The minimum Gasteiger partial charge on any atom is -0.466 e. The molecule has 2 atom stereocenters. The van der Waals surface area contributed by atoms with Crippen LogP contribution in [0.2, 0.25) is 0 Å². The highest BCUT2D eigenvalue weighted by atomic mass is 32.2. The largest absolute Gasteiger partial charge is 0.466 e. The number of amides is 1. The van der Waals surface area contributed by atoms with Crippen LogP contribution in [0, 0.1) is 5.82 Å². The Morgan fingerprint density at radius 3 is 2.19 bits per heavy atom. The molecular formula is C25H29FN2O8S. The molecule has 0 radical (unpaired) electrons. The van der Waals surface area contributed by atoms with Gasteiger partial charge in [0.05, 0.1) is 30.1 Å². The van der Waals surface area contributed by atoms with Crippen molar-refractivity contribution in [1.82, 2.24) is 9.79 Å². The molecule has 4 rings (SSSR count). The van der Waals surface area contributed by atoms with Gasteiger partial charge in [-0.25, -0.2) is 18.3 Å². The van der Waals surface area contributed by atoms with Crippen LogP contribution in [0.3, 0.4) is 0 Å². The molecule has 2 unspecified atom stereocenters. The van der Waals surface area contributed by atoms with E-state index in [-0.39, 0.29) is 49.5 Å². The maximum atomic E-state index is 14.0. The monoisotopic (exact) mass is 536 g/mol. The van der Waals surface area contributed by atoms with Crippen molar-refractivity contribution in [1.29, 1.82) is 0 Å².